The standard InChI is InChI=1S/C20H25N5O2S/c1-2-13-25-18(15-9-5-3-6-10-15)23-24-20(25)28-14-17(26)22-19(27)21-16-11-7-4-8-12-16/h2-3,5-6,9-10,16H,1,4,7-8,11-14H2,(H2,21,22,26,27). The Morgan fingerprint density at radius 2 is 1.93 bits per heavy atom. The molecule has 0 saturated heterocycles. The van der Waals surface area contributed by atoms with E-state index in [0.29, 0.717) is 11.7 Å². The van der Waals surface area contributed by atoms with Gasteiger partial charge in [0.05, 0.1) is 5.75 Å². The lowest BCUT2D eigenvalue weighted by Gasteiger charge is -2.22. The number of carbonyl (C=O) groups is 2. The molecule has 3 rings (SSSR count). The summed E-state index contributed by atoms with van der Waals surface area (Å²) >= 11 is 1.25. The third-order valence-corrected chi connectivity index (χ3v) is 5.55. The molecule has 2 N–H and O–H groups in total. The van der Waals surface area contributed by atoms with Gasteiger partial charge in [-0.25, -0.2) is 4.79 Å². The topological polar surface area (TPSA) is 88.9 Å². The molecular formula is C20H25N5O2S. The SMILES string of the molecule is C=CCn1c(SCC(=O)NC(=O)NC2CCCCC2)nnc1-c1ccccc1. The quantitative estimate of drug-likeness (QED) is 0.550. The van der Waals surface area contributed by atoms with Crippen LogP contribution >= 0.6 is 11.8 Å². The van der Waals surface area contributed by atoms with Gasteiger partial charge in [-0.15, -0.1) is 16.8 Å². The average molecular weight is 400 g/mol. The van der Waals surface area contributed by atoms with Crippen LogP contribution in [0.1, 0.15) is 32.1 Å². The number of hydrogen-bond donors (Lipinski definition) is 2. The van der Waals surface area contributed by atoms with Gasteiger partial charge in [-0.05, 0) is 12.8 Å². The van der Waals surface area contributed by atoms with Crippen LogP contribution in [-0.2, 0) is 11.3 Å². The maximum Gasteiger partial charge on any atom is 0.321 e. The molecule has 1 heterocycles. The van der Waals surface area contributed by atoms with Gasteiger partial charge in [0.15, 0.2) is 11.0 Å². The zero-order valence-corrected chi connectivity index (χ0v) is 16.6. The monoisotopic (exact) mass is 399 g/mol. The number of imide groups is 1. The van der Waals surface area contributed by atoms with Gasteiger partial charge in [0.2, 0.25) is 5.91 Å². The normalized spacial score (nSPS) is 14.4. The molecule has 1 aromatic carbocycles. The van der Waals surface area contributed by atoms with E-state index in [0.717, 1.165) is 37.1 Å². The lowest BCUT2D eigenvalue weighted by molar-refractivity contribution is -0.117. The molecule has 1 saturated carbocycles. The average Bonchev–Trinajstić information content (AvgIpc) is 3.11. The number of urea groups is 1. The van der Waals surface area contributed by atoms with Crippen molar-refractivity contribution in [3.8, 4) is 11.4 Å². The van der Waals surface area contributed by atoms with Crippen molar-refractivity contribution in [1.82, 2.24) is 25.4 Å². The van der Waals surface area contributed by atoms with Crippen LogP contribution in [0.25, 0.3) is 11.4 Å². The summed E-state index contributed by atoms with van der Waals surface area (Å²) in [6.45, 7) is 4.31. The van der Waals surface area contributed by atoms with Crippen molar-refractivity contribution in [3.05, 3.63) is 43.0 Å². The first kappa shape index (κ1) is 20.1. The number of nitrogens with zero attached hydrogens (tertiary/aromatic N) is 3. The predicted octanol–water partition coefficient (Wildman–Crippen LogP) is 3.38. The highest BCUT2D eigenvalue weighted by molar-refractivity contribution is 7.99. The number of thioether (sulfide) groups is 1. The van der Waals surface area contributed by atoms with Gasteiger partial charge >= 0.3 is 6.03 Å². The van der Waals surface area contributed by atoms with Crippen molar-refractivity contribution in [3.63, 3.8) is 0 Å². The van der Waals surface area contributed by atoms with E-state index in [2.05, 4.69) is 27.4 Å². The maximum atomic E-state index is 12.1. The molecule has 1 aliphatic rings. The Kier molecular flexibility index (Phi) is 7.25. The van der Waals surface area contributed by atoms with Crippen LogP contribution in [0.3, 0.4) is 0 Å². The fourth-order valence-electron chi connectivity index (χ4n) is 3.25. The van der Waals surface area contributed by atoms with E-state index < -0.39 is 6.03 Å². The maximum absolute atomic E-state index is 12.1. The van der Waals surface area contributed by atoms with Crippen LogP contribution in [0.5, 0.6) is 0 Å². The fraction of sp³-hybridized carbons (Fsp3) is 0.400. The van der Waals surface area contributed by atoms with Gasteiger partial charge < -0.3 is 5.32 Å². The Morgan fingerprint density at radius 1 is 1.18 bits per heavy atom. The summed E-state index contributed by atoms with van der Waals surface area (Å²) in [5.41, 5.74) is 0.944. The van der Waals surface area contributed by atoms with Crippen LogP contribution in [0, 0.1) is 0 Å². The van der Waals surface area contributed by atoms with Gasteiger partial charge in [0.25, 0.3) is 0 Å². The number of carbonyl (C=O) groups excluding carboxylic acids is 2. The summed E-state index contributed by atoms with van der Waals surface area (Å²) in [5, 5.41) is 14.3. The molecule has 0 bridgehead atoms. The Hall–Kier alpha value is -2.61. The highest BCUT2D eigenvalue weighted by Crippen LogP contribution is 2.24. The van der Waals surface area contributed by atoms with Crippen molar-refractivity contribution in [2.45, 2.75) is 49.8 Å². The summed E-state index contributed by atoms with van der Waals surface area (Å²) < 4.78 is 1.91. The van der Waals surface area contributed by atoms with E-state index in [1.165, 1.54) is 18.2 Å². The van der Waals surface area contributed by atoms with E-state index in [-0.39, 0.29) is 17.7 Å². The van der Waals surface area contributed by atoms with Gasteiger partial charge in [0.1, 0.15) is 0 Å². The Labute approximate surface area is 169 Å². The van der Waals surface area contributed by atoms with Crippen LogP contribution in [0.4, 0.5) is 4.79 Å². The molecule has 0 aliphatic heterocycles. The smallest absolute Gasteiger partial charge is 0.321 e. The molecule has 0 unspecified atom stereocenters. The molecule has 0 atom stereocenters. The molecule has 8 heteroatoms. The summed E-state index contributed by atoms with van der Waals surface area (Å²) in [4.78, 5) is 24.1. The van der Waals surface area contributed by atoms with E-state index in [1.807, 2.05) is 34.9 Å². The Balaban J connectivity index is 1.56. The first-order valence-electron chi connectivity index (χ1n) is 9.50. The molecule has 1 aliphatic carbocycles. The van der Waals surface area contributed by atoms with Crippen LogP contribution in [0.15, 0.2) is 48.1 Å². The van der Waals surface area contributed by atoms with Gasteiger partial charge in [-0.1, -0.05) is 67.4 Å². The molecule has 0 radical (unpaired) electrons. The number of benzene rings is 1. The van der Waals surface area contributed by atoms with E-state index in [1.54, 1.807) is 6.08 Å². The van der Waals surface area contributed by atoms with E-state index in [4.69, 9.17) is 0 Å². The Bertz CT molecular complexity index is 815. The largest absolute Gasteiger partial charge is 0.335 e. The minimum Gasteiger partial charge on any atom is -0.335 e. The molecule has 3 amide bonds. The fourth-order valence-corrected chi connectivity index (χ4v) is 4.00. The second-order valence-corrected chi connectivity index (χ2v) is 7.66. The zero-order chi connectivity index (χ0) is 19.8. The van der Waals surface area contributed by atoms with Crippen LogP contribution < -0.4 is 10.6 Å². The number of rotatable bonds is 7. The zero-order valence-electron chi connectivity index (χ0n) is 15.8. The van der Waals surface area contributed by atoms with Crippen molar-refractivity contribution < 1.29 is 9.59 Å². The predicted molar refractivity (Wildman–Crippen MR) is 110 cm³/mol. The van der Waals surface area contributed by atoms with Crippen molar-refractivity contribution >= 4 is 23.7 Å². The first-order chi connectivity index (χ1) is 13.7. The van der Waals surface area contributed by atoms with Crippen molar-refractivity contribution in [2.75, 3.05) is 5.75 Å². The molecule has 2 aromatic rings. The van der Waals surface area contributed by atoms with Crippen molar-refractivity contribution in [2.24, 2.45) is 0 Å². The summed E-state index contributed by atoms with van der Waals surface area (Å²) in [7, 11) is 0. The number of amides is 3. The van der Waals surface area contributed by atoms with Crippen LogP contribution in [0.2, 0.25) is 0 Å². The molecule has 148 valence electrons. The Morgan fingerprint density at radius 3 is 2.64 bits per heavy atom. The lowest BCUT2D eigenvalue weighted by atomic mass is 9.96. The minimum atomic E-state index is -0.421. The molecular weight excluding hydrogens is 374 g/mol. The lowest BCUT2D eigenvalue weighted by Crippen LogP contribution is -2.45. The molecule has 7 nitrogen and oxygen atoms in total. The third kappa shape index (κ3) is 5.45. The van der Waals surface area contributed by atoms with Crippen LogP contribution in [-0.4, -0.2) is 38.5 Å². The van der Waals surface area contributed by atoms with Gasteiger partial charge in [-0.3, -0.25) is 14.7 Å². The highest BCUT2D eigenvalue weighted by Gasteiger charge is 2.18. The van der Waals surface area contributed by atoms with Crippen molar-refractivity contribution in [1.29, 1.82) is 0 Å². The summed E-state index contributed by atoms with van der Waals surface area (Å²) in [6.07, 6.45) is 7.17. The minimum absolute atomic E-state index is 0.0855. The third-order valence-electron chi connectivity index (χ3n) is 4.59. The molecule has 28 heavy (non-hydrogen) atoms. The van der Waals surface area contributed by atoms with Gasteiger partial charge in [-0.2, -0.15) is 0 Å². The van der Waals surface area contributed by atoms with E-state index in [9.17, 15) is 9.59 Å². The van der Waals surface area contributed by atoms with E-state index >= 15 is 0 Å². The molecule has 1 aromatic heterocycles. The first-order valence-corrected chi connectivity index (χ1v) is 10.5. The summed E-state index contributed by atoms with van der Waals surface area (Å²) in [5.74, 6) is 0.452. The number of allylic oxidation sites excluding steroid dienone is 1. The highest BCUT2D eigenvalue weighted by atomic mass is 32.2. The second kappa shape index (κ2) is 10.1. The summed E-state index contributed by atoms with van der Waals surface area (Å²) in [6, 6.07) is 9.48. The van der Waals surface area contributed by atoms with Gasteiger partial charge in [0, 0.05) is 18.2 Å². The number of nitrogens with one attached hydrogen (secondary N) is 2. The molecule has 1 fully saturated rings. The second-order valence-electron chi connectivity index (χ2n) is 6.72. The number of aromatic nitrogens is 3. The molecule has 0 spiro atoms. The number of hydrogen-bond acceptors (Lipinski definition) is 5.